The molecular formula is C29H28N4O2. The van der Waals surface area contributed by atoms with Gasteiger partial charge in [0.1, 0.15) is 6.29 Å². The molecule has 2 aliphatic carbocycles. The SMILES string of the molecule is Cc1cc(-c2nc(-c3ccc4c(c3)CCC4N[C@H]3C[C@H](C=O)C3)no2)cc(C)c1-c1ccncc1. The number of aromatic nitrogens is 3. The Morgan fingerprint density at radius 1 is 0.971 bits per heavy atom. The van der Waals surface area contributed by atoms with Gasteiger partial charge in [-0.25, -0.2) is 0 Å². The summed E-state index contributed by atoms with van der Waals surface area (Å²) < 4.78 is 5.68. The molecule has 0 spiro atoms. The molecule has 176 valence electrons. The molecule has 2 heterocycles. The van der Waals surface area contributed by atoms with Crippen LogP contribution >= 0.6 is 0 Å². The number of aldehydes is 1. The zero-order valence-corrected chi connectivity index (χ0v) is 20.0. The van der Waals surface area contributed by atoms with E-state index < -0.39 is 0 Å². The number of nitrogens with one attached hydrogen (secondary N) is 1. The fourth-order valence-electron chi connectivity index (χ4n) is 5.64. The molecule has 2 aromatic heterocycles. The number of aryl methyl sites for hydroxylation is 3. The van der Waals surface area contributed by atoms with Crippen LogP contribution in [0.4, 0.5) is 0 Å². The van der Waals surface area contributed by atoms with Crippen molar-refractivity contribution in [3.63, 3.8) is 0 Å². The van der Waals surface area contributed by atoms with Gasteiger partial charge in [-0.2, -0.15) is 4.98 Å². The summed E-state index contributed by atoms with van der Waals surface area (Å²) in [6.45, 7) is 4.22. The van der Waals surface area contributed by atoms with E-state index in [9.17, 15) is 4.79 Å². The van der Waals surface area contributed by atoms with Crippen LogP contribution in [0.5, 0.6) is 0 Å². The summed E-state index contributed by atoms with van der Waals surface area (Å²) in [7, 11) is 0. The average Bonchev–Trinajstić information content (AvgIpc) is 3.48. The van der Waals surface area contributed by atoms with Gasteiger partial charge in [0.15, 0.2) is 0 Å². The predicted octanol–water partition coefficient (Wildman–Crippen LogP) is 5.64. The first-order chi connectivity index (χ1) is 17.1. The summed E-state index contributed by atoms with van der Waals surface area (Å²) in [5.74, 6) is 1.38. The number of carbonyl (C=O) groups is 1. The molecule has 4 aromatic rings. The van der Waals surface area contributed by atoms with Gasteiger partial charge >= 0.3 is 0 Å². The van der Waals surface area contributed by atoms with Gasteiger partial charge in [0, 0.05) is 41.5 Å². The maximum absolute atomic E-state index is 10.9. The molecule has 2 aromatic carbocycles. The monoisotopic (exact) mass is 464 g/mol. The Morgan fingerprint density at radius 3 is 2.49 bits per heavy atom. The quantitative estimate of drug-likeness (QED) is 0.372. The first-order valence-electron chi connectivity index (χ1n) is 12.3. The lowest BCUT2D eigenvalue weighted by Crippen LogP contribution is -2.43. The van der Waals surface area contributed by atoms with E-state index in [0.717, 1.165) is 59.8 Å². The van der Waals surface area contributed by atoms with Crippen molar-refractivity contribution < 1.29 is 9.32 Å². The van der Waals surface area contributed by atoms with E-state index in [2.05, 4.69) is 59.6 Å². The molecule has 1 unspecified atom stereocenters. The van der Waals surface area contributed by atoms with E-state index in [0.29, 0.717) is 23.8 Å². The van der Waals surface area contributed by atoms with Crippen molar-refractivity contribution in [2.75, 3.05) is 0 Å². The molecule has 6 heteroatoms. The lowest BCUT2D eigenvalue weighted by molar-refractivity contribution is -0.113. The normalized spacial score (nSPS) is 20.9. The molecule has 1 fully saturated rings. The largest absolute Gasteiger partial charge is 0.334 e. The van der Waals surface area contributed by atoms with Crippen molar-refractivity contribution in [3.8, 4) is 34.0 Å². The van der Waals surface area contributed by atoms with Gasteiger partial charge in [0.2, 0.25) is 5.82 Å². The van der Waals surface area contributed by atoms with Crippen LogP contribution in [0.3, 0.4) is 0 Å². The highest BCUT2D eigenvalue weighted by Gasteiger charge is 2.32. The number of nitrogens with zero attached hydrogens (tertiary/aromatic N) is 3. The second kappa shape index (κ2) is 8.86. The van der Waals surface area contributed by atoms with Gasteiger partial charge in [0.05, 0.1) is 0 Å². The Balaban J connectivity index is 1.22. The molecule has 6 rings (SSSR count). The smallest absolute Gasteiger partial charge is 0.258 e. The number of carbonyl (C=O) groups excluding carboxylic acids is 1. The molecule has 0 bridgehead atoms. The maximum Gasteiger partial charge on any atom is 0.258 e. The van der Waals surface area contributed by atoms with Crippen LogP contribution in [0.1, 0.15) is 47.6 Å². The second-order valence-electron chi connectivity index (χ2n) is 9.88. The molecule has 1 N–H and O–H groups in total. The predicted molar refractivity (Wildman–Crippen MR) is 135 cm³/mol. The molecule has 0 aliphatic heterocycles. The second-order valence-corrected chi connectivity index (χ2v) is 9.88. The number of pyridine rings is 1. The number of fused-ring (bicyclic) bond motifs is 1. The number of benzene rings is 2. The lowest BCUT2D eigenvalue weighted by Gasteiger charge is -2.35. The highest BCUT2D eigenvalue weighted by atomic mass is 16.5. The number of rotatable bonds is 6. The van der Waals surface area contributed by atoms with Gasteiger partial charge in [-0.05, 0) is 103 Å². The van der Waals surface area contributed by atoms with Crippen LogP contribution in [0.25, 0.3) is 34.0 Å². The fraction of sp³-hybridized carbons (Fsp3) is 0.310. The van der Waals surface area contributed by atoms with Crippen LogP contribution in [-0.2, 0) is 11.2 Å². The van der Waals surface area contributed by atoms with E-state index in [-0.39, 0.29) is 5.92 Å². The Morgan fingerprint density at radius 2 is 1.74 bits per heavy atom. The Kier molecular flexibility index (Phi) is 5.53. The lowest BCUT2D eigenvalue weighted by atomic mass is 9.81. The molecular weight excluding hydrogens is 436 g/mol. The zero-order valence-electron chi connectivity index (χ0n) is 20.0. The molecule has 6 nitrogen and oxygen atoms in total. The van der Waals surface area contributed by atoms with Crippen LogP contribution in [0.15, 0.2) is 59.4 Å². The summed E-state index contributed by atoms with van der Waals surface area (Å²) in [5, 5.41) is 8.03. The minimum Gasteiger partial charge on any atom is -0.334 e. The van der Waals surface area contributed by atoms with Crippen molar-refractivity contribution in [2.45, 2.75) is 51.6 Å². The third-order valence-electron chi connectivity index (χ3n) is 7.46. The highest BCUT2D eigenvalue weighted by Crippen LogP contribution is 2.37. The van der Waals surface area contributed by atoms with Crippen molar-refractivity contribution in [2.24, 2.45) is 5.92 Å². The van der Waals surface area contributed by atoms with E-state index in [1.165, 1.54) is 16.7 Å². The first kappa shape index (κ1) is 21.9. The van der Waals surface area contributed by atoms with Gasteiger partial charge in [-0.15, -0.1) is 0 Å². The third kappa shape index (κ3) is 4.08. The van der Waals surface area contributed by atoms with E-state index in [4.69, 9.17) is 9.51 Å². The van der Waals surface area contributed by atoms with Crippen LogP contribution in [-0.4, -0.2) is 27.5 Å². The summed E-state index contributed by atoms with van der Waals surface area (Å²) in [4.78, 5) is 19.8. The standard InChI is InChI=1S/C29H28N4O2/c1-17-11-23(12-18(2)27(17)20-7-9-30-10-8-20)29-32-28(33-35-29)22-3-5-25-21(15-22)4-6-26(25)31-24-13-19(14-24)16-34/h3,5,7-12,15-16,19,24,26,31H,4,6,13-14H2,1-2H3/t19-,24-,26?. The molecule has 0 amide bonds. The fourth-order valence-corrected chi connectivity index (χ4v) is 5.64. The van der Waals surface area contributed by atoms with Crippen LogP contribution in [0, 0.1) is 19.8 Å². The topological polar surface area (TPSA) is 80.9 Å². The van der Waals surface area contributed by atoms with Gasteiger partial charge < -0.3 is 14.6 Å². The van der Waals surface area contributed by atoms with E-state index in [1.807, 2.05) is 24.5 Å². The van der Waals surface area contributed by atoms with Crippen molar-refractivity contribution in [1.82, 2.24) is 20.4 Å². The Bertz CT molecular complexity index is 1370. The number of hydrogen-bond donors (Lipinski definition) is 1. The van der Waals surface area contributed by atoms with Crippen LogP contribution in [0.2, 0.25) is 0 Å². The molecule has 0 radical (unpaired) electrons. The average molecular weight is 465 g/mol. The zero-order chi connectivity index (χ0) is 23.9. The highest BCUT2D eigenvalue weighted by molar-refractivity contribution is 5.75. The maximum atomic E-state index is 10.9. The molecule has 1 atom stereocenters. The Labute approximate surface area is 204 Å². The minimum atomic E-state index is 0.239. The first-order valence-corrected chi connectivity index (χ1v) is 12.3. The molecule has 0 saturated heterocycles. The van der Waals surface area contributed by atoms with Crippen molar-refractivity contribution in [1.29, 1.82) is 0 Å². The van der Waals surface area contributed by atoms with Gasteiger partial charge in [-0.3, -0.25) is 4.98 Å². The third-order valence-corrected chi connectivity index (χ3v) is 7.46. The minimum absolute atomic E-state index is 0.239. The summed E-state index contributed by atoms with van der Waals surface area (Å²) in [6.07, 6.45) is 8.76. The van der Waals surface area contributed by atoms with E-state index >= 15 is 0 Å². The molecule has 35 heavy (non-hydrogen) atoms. The van der Waals surface area contributed by atoms with Crippen molar-refractivity contribution >= 4 is 6.29 Å². The Hall–Kier alpha value is -3.64. The molecule has 2 aliphatic rings. The molecule has 1 saturated carbocycles. The van der Waals surface area contributed by atoms with E-state index in [1.54, 1.807) is 0 Å². The summed E-state index contributed by atoms with van der Waals surface area (Å²) in [5.41, 5.74) is 9.28. The van der Waals surface area contributed by atoms with Gasteiger partial charge in [-0.1, -0.05) is 17.3 Å². The van der Waals surface area contributed by atoms with Crippen molar-refractivity contribution in [3.05, 3.63) is 77.1 Å². The summed E-state index contributed by atoms with van der Waals surface area (Å²) >= 11 is 0. The summed E-state index contributed by atoms with van der Waals surface area (Å²) in [6, 6.07) is 15.6. The van der Waals surface area contributed by atoms with Crippen LogP contribution < -0.4 is 5.32 Å². The van der Waals surface area contributed by atoms with Gasteiger partial charge in [0.25, 0.3) is 5.89 Å². The number of hydrogen-bond acceptors (Lipinski definition) is 6.